The van der Waals surface area contributed by atoms with E-state index >= 15 is 0 Å². The fraction of sp³-hybridized carbons (Fsp3) is 0.588. The van der Waals surface area contributed by atoms with Crippen LogP contribution in [0.3, 0.4) is 0 Å². The number of nitrogens with two attached hydrogens (primary N) is 1. The summed E-state index contributed by atoms with van der Waals surface area (Å²) in [4.78, 5) is 13.8. The lowest BCUT2D eigenvalue weighted by molar-refractivity contribution is -0.137. The molecule has 1 saturated heterocycles. The van der Waals surface area contributed by atoms with Crippen LogP contribution < -0.4 is 5.73 Å². The number of hydrogen-bond acceptors (Lipinski definition) is 4. The van der Waals surface area contributed by atoms with Crippen molar-refractivity contribution in [1.82, 2.24) is 9.21 Å². The van der Waals surface area contributed by atoms with Crippen molar-refractivity contribution in [3.63, 3.8) is 0 Å². The molecule has 1 saturated carbocycles. The summed E-state index contributed by atoms with van der Waals surface area (Å²) in [5.41, 5.74) is 5.74. The predicted molar refractivity (Wildman–Crippen MR) is 91.6 cm³/mol. The number of hydrogen-bond donors (Lipinski definition) is 1. The standard InChI is InChI=1S/C17H23F2N3O3S/c18-13-4-5-16(15(19)10-13)26(24,25)22-8-6-21(7-9-22)17(23)14-3-1-2-12(14)11-20/h4-5,10,12,14H,1-3,6-9,11,20H2/t12-,14-/m1/s1. The van der Waals surface area contributed by atoms with Crippen molar-refractivity contribution < 1.29 is 22.0 Å². The molecule has 0 aromatic heterocycles. The molecule has 9 heteroatoms. The summed E-state index contributed by atoms with van der Waals surface area (Å²) in [5, 5.41) is 0. The van der Waals surface area contributed by atoms with E-state index in [1.165, 1.54) is 0 Å². The quantitative estimate of drug-likeness (QED) is 0.841. The normalized spacial score (nSPS) is 24.8. The van der Waals surface area contributed by atoms with Crippen LogP contribution in [0.1, 0.15) is 19.3 Å². The number of carbonyl (C=O) groups is 1. The fourth-order valence-corrected chi connectivity index (χ4v) is 5.32. The molecule has 144 valence electrons. The van der Waals surface area contributed by atoms with Crippen LogP contribution in [0.25, 0.3) is 0 Å². The Morgan fingerprint density at radius 1 is 1.15 bits per heavy atom. The van der Waals surface area contributed by atoms with E-state index < -0.39 is 26.6 Å². The molecular weight excluding hydrogens is 364 g/mol. The maximum absolute atomic E-state index is 13.9. The summed E-state index contributed by atoms with van der Waals surface area (Å²) in [6, 6.07) is 2.41. The highest BCUT2D eigenvalue weighted by molar-refractivity contribution is 7.89. The van der Waals surface area contributed by atoms with Gasteiger partial charge in [-0.15, -0.1) is 0 Å². The molecule has 26 heavy (non-hydrogen) atoms. The van der Waals surface area contributed by atoms with E-state index in [1.807, 2.05) is 0 Å². The van der Waals surface area contributed by atoms with Gasteiger partial charge in [0.05, 0.1) is 0 Å². The van der Waals surface area contributed by atoms with Gasteiger partial charge in [0.2, 0.25) is 15.9 Å². The Morgan fingerprint density at radius 2 is 1.85 bits per heavy atom. The molecule has 2 aliphatic rings. The van der Waals surface area contributed by atoms with Gasteiger partial charge in [-0.05, 0) is 37.4 Å². The van der Waals surface area contributed by atoms with Crippen LogP contribution in [0.4, 0.5) is 8.78 Å². The molecule has 2 fully saturated rings. The molecule has 6 nitrogen and oxygen atoms in total. The van der Waals surface area contributed by atoms with Crippen molar-refractivity contribution in [2.75, 3.05) is 32.7 Å². The summed E-state index contributed by atoms with van der Waals surface area (Å²) < 4.78 is 53.2. The van der Waals surface area contributed by atoms with Gasteiger partial charge in [0.15, 0.2) is 0 Å². The number of rotatable bonds is 4. The van der Waals surface area contributed by atoms with E-state index in [0.29, 0.717) is 12.6 Å². The maximum atomic E-state index is 13.9. The second-order valence-electron chi connectivity index (χ2n) is 6.84. The molecule has 1 heterocycles. The number of benzene rings is 1. The third-order valence-corrected chi connectivity index (χ3v) is 7.27. The average Bonchev–Trinajstić information content (AvgIpc) is 3.09. The number of amides is 1. The first kappa shape index (κ1) is 19.2. The summed E-state index contributed by atoms with van der Waals surface area (Å²) in [6.07, 6.45) is 2.75. The second-order valence-corrected chi connectivity index (χ2v) is 8.74. The number of carbonyl (C=O) groups excluding carboxylic acids is 1. The number of piperazine rings is 1. The first-order valence-electron chi connectivity index (χ1n) is 8.78. The van der Waals surface area contributed by atoms with Gasteiger partial charge in [0, 0.05) is 38.2 Å². The van der Waals surface area contributed by atoms with Gasteiger partial charge < -0.3 is 10.6 Å². The summed E-state index contributed by atoms with van der Waals surface area (Å²) in [7, 11) is -4.06. The van der Waals surface area contributed by atoms with Crippen LogP contribution in [-0.4, -0.2) is 56.3 Å². The molecule has 0 bridgehead atoms. The number of sulfonamides is 1. The summed E-state index contributed by atoms with van der Waals surface area (Å²) in [6.45, 7) is 1.17. The van der Waals surface area contributed by atoms with E-state index in [-0.39, 0.29) is 43.9 Å². The summed E-state index contributed by atoms with van der Waals surface area (Å²) >= 11 is 0. The highest BCUT2D eigenvalue weighted by atomic mass is 32.2. The Balaban J connectivity index is 1.67. The minimum atomic E-state index is -4.06. The van der Waals surface area contributed by atoms with E-state index in [0.717, 1.165) is 35.7 Å². The largest absolute Gasteiger partial charge is 0.340 e. The molecule has 1 amide bonds. The minimum absolute atomic E-state index is 0.0305. The lowest BCUT2D eigenvalue weighted by Gasteiger charge is -2.36. The minimum Gasteiger partial charge on any atom is -0.340 e. The van der Waals surface area contributed by atoms with Gasteiger partial charge in [-0.2, -0.15) is 4.31 Å². The van der Waals surface area contributed by atoms with E-state index in [9.17, 15) is 22.0 Å². The lowest BCUT2D eigenvalue weighted by Crippen LogP contribution is -2.52. The molecule has 1 aliphatic carbocycles. The molecule has 2 N–H and O–H groups in total. The number of halogens is 2. The smallest absolute Gasteiger partial charge is 0.246 e. The van der Waals surface area contributed by atoms with Crippen molar-refractivity contribution in [2.24, 2.45) is 17.6 Å². The number of nitrogens with zero attached hydrogens (tertiary/aromatic N) is 2. The van der Waals surface area contributed by atoms with E-state index in [2.05, 4.69) is 0 Å². The molecule has 1 aromatic rings. The zero-order valence-electron chi connectivity index (χ0n) is 14.4. The van der Waals surface area contributed by atoms with Gasteiger partial charge in [0.25, 0.3) is 0 Å². The molecular formula is C17H23F2N3O3S. The Kier molecular flexibility index (Phi) is 5.59. The van der Waals surface area contributed by atoms with Crippen molar-refractivity contribution >= 4 is 15.9 Å². The van der Waals surface area contributed by atoms with Crippen LogP contribution in [0.15, 0.2) is 23.1 Å². The molecule has 0 spiro atoms. The van der Waals surface area contributed by atoms with E-state index in [4.69, 9.17) is 5.73 Å². The monoisotopic (exact) mass is 387 g/mol. The maximum Gasteiger partial charge on any atom is 0.246 e. The average molecular weight is 387 g/mol. The molecule has 0 unspecified atom stereocenters. The molecule has 0 radical (unpaired) electrons. The summed E-state index contributed by atoms with van der Waals surface area (Å²) in [5.74, 6) is -1.80. The highest BCUT2D eigenvalue weighted by Gasteiger charge is 2.37. The van der Waals surface area contributed by atoms with Crippen LogP contribution in [-0.2, 0) is 14.8 Å². The Labute approximate surface area is 152 Å². The van der Waals surface area contributed by atoms with Crippen molar-refractivity contribution in [3.05, 3.63) is 29.8 Å². The highest BCUT2D eigenvalue weighted by Crippen LogP contribution is 2.33. The predicted octanol–water partition coefficient (Wildman–Crippen LogP) is 1.17. The molecule has 1 aromatic carbocycles. The van der Waals surface area contributed by atoms with Gasteiger partial charge in [-0.25, -0.2) is 17.2 Å². The van der Waals surface area contributed by atoms with Crippen LogP contribution in [0, 0.1) is 23.5 Å². The molecule has 3 rings (SSSR count). The third-order valence-electron chi connectivity index (χ3n) is 5.34. The lowest BCUT2D eigenvalue weighted by atomic mass is 9.94. The van der Waals surface area contributed by atoms with Crippen molar-refractivity contribution in [2.45, 2.75) is 24.2 Å². The van der Waals surface area contributed by atoms with Gasteiger partial charge >= 0.3 is 0 Å². The van der Waals surface area contributed by atoms with Gasteiger partial charge in [0.1, 0.15) is 16.5 Å². The fourth-order valence-electron chi connectivity index (χ4n) is 3.85. The van der Waals surface area contributed by atoms with Gasteiger partial charge in [-0.3, -0.25) is 4.79 Å². The van der Waals surface area contributed by atoms with E-state index in [1.54, 1.807) is 4.90 Å². The Hall–Kier alpha value is -1.58. The van der Waals surface area contributed by atoms with Gasteiger partial charge in [-0.1, -0.05) is 6.42 Å². The second kappa shape index (κ2) is 7.58. The van der Waals surface area contributed by atoms with Crippen LogP contribution >= 0.6 is 0 Å². The Bertz CT molecular complexity index is 779. The third kappa shape index (κ3) is 3.60. The molecule has 1 aliphatic heterocycles. The Morgan fingerprint density at radius 3 is 2.46 bits per heavy atom. The van der Waals surface area contributed by atoms with Crippen molar-refractivity contribution in [3.8, 4) is 0 Å². The first-order valence-corrected chi connectivity index (χ1v) is 10.2. The van der Waals surface area contributed by atoms with Crippen LogP contribution in [0.5, 0.6) is 0 Å². The zero-order chi connectivity index (χ0) is 18.9. The van der Waals surface area contributed by atoms with Crippen molar-refractivity contribution in [1.29, 1.82) is 0 Å². The zero-order valence-corrected chi connectivity index (χ0v) is 15.2. The first-order chi connectivity index (χ1) is 12.3. The van der Waals surface area contributed by atoms with Crippen LogP contribution in [0.2, 0.25) is 0 Å². The topological polar surface area (TPSA) is 83.7 Å². The SMILES string of the molecule is NC[C@H]1CCC[C@H]1C(=O)N1CCN(S(=O)(=O)c2ccc(F)cc2F)CC1. The molecule has 2 atom stereocenters.